The molecule has 0 aliphatic rings. The number of pyridine rings is 1. The second-order valence-corrected chi connectivity index (χ2v) is 8.34. The molecule has 2 aromatic carbocycles. The maximum absolute atomic E-state index is 12.4. The van der Waals surface area contributed by atoms with Crippen molar-refractivity contribution in [1.82, 2.24) is 30.6 Å². The molecule has 0 saturated carbocycles. The summed E-state index contributed by atoms with van der Waals surface area (Å²) < 4.78 is 1.91. The number of hydrogen-bond acceptors (Lipinski definition) is 6. The molecule has 0 aliphatic carbocycles. The Morgan fingerprint density at radius 2 is 1.70 bits per heavy atom. The van der Waals surface area contributed by atoms with Gasteiger partial charge in [-0.25, -0.2) is 0 Å². The number of amides is 2. The molecule has 2 N–H and O–H groups in total. The lowest BCUT2D eigenvalue weighted by Crippen LogP contribution is -2.42. The topological polar surface area (TPSA) is 102 Å². The lowest BCUT2D eigenvalue weighted by atomic mass is 10.2. The van der Waals surface area contributed by atoms with Crippen molar-refractivity contribution in [2.75, 3.05) is 5.75 Å². The van der Waals surface area contributed by atoms with Crippen LogP contribution in [0, 0.1) is 6.92 Å². The van der Waals surface area contributed by atoms with E-state index in [0.717, 1.165) is 16.8 Å². The summed E-state index contributed by atoms with van der Waals surface area (Å²) >= 11 is 7.05. The molecule has 10 heteroatoms. The van der Waals surface area contributed by atoms with Crippen LogP contribution in [0.2, 0.25) is 5.02 Å². The second kappa shape index (κ2) is 10.3. The number of carbonyl (C=O) groups excluding carboxylic acids is 2. The average molecular weight is 479 g/mol. The van der Waals surface area contributed by atoms with Gasteiger partial charge >= 0.3 is 0 Å². The summed E-state index contributed by atoms with van der Waals surface area (Å²) in [5, 5.41) is 9.74. The Morgan fingerprint density at radius 1 is 0.970 bits per heavy atom. The average Bonchev–Trinajstić information content (AvgIpc) is 3.26. The van der Waals surface area contributed by atoms with Gasteiger partial charge in [0.05, 0.1) is 11.4 Å². The van der Waals surface area contributed by atoms with Crippen LogP contribution in [0.4, 0.5) is 0 Å². The number of nitrogens with one attached hydrogen (secondary N) is 2. The minimum atomic E-state index is -0.437. The van der Waals surface area contributed by atoms with E-state index in [2.05, 4.69) is 26.0 Å². The lowest BCUT2D eigenvalue weighted by Gasteiger charge is -2.13. The number of nitrogens with zero attached hydrogens (tertiary/aromatic N) is 4. The molecule has 4 rings (SSSR count). The van der Waals surface area contributed by atoms with Crippen LogP contribution in [-0.2, 0) is 4.79 Å². The molecule has 0 fully saturated rings. The maximum atomic E-state index is 12.4. The highest BCUT2D eigenvalue weighted by Gasteiger charge is 2.18. The van der Waals surface area contributed by atoms with E-state index in [4.69, 9.17) is 11.6 Å². The molecule has 2 heterocycles. The van der Waals surface area contributed by atoms with E-state index in [1.165, 1.54) is 11.8 Å². The third kappa shape index (κ3) is 5.39. The monoisotopic (exact) mass is 478 g/mol. The first kappa shape index (κ1) is 22.5. The molecule has 33 heavy (non-hydrogen) atoms. The third-order valence-electron chi connectivity index (χ3n) is 4.68. The second-order valence-electron chi connectivity index (χ2n) is 6.96. The molecule has 8 nitrogen and oxygen atoms in total. The normalized spacial score (nSPS) is 10.6. The van der Waals surface area contributed by atoms with Gasteiger partial charge in [-0.3, -0.25) is 30.0 Å². The van der Waals surface area contributed by atoms with Crippen molar-refractivity contribution in [1.29, 1.82) is 0 Å². The fourth-order valence-corrected chi connectivity index (χ4v) is 3.92. The van der Waals surface area contributed by atoms with Crippen LogP contribution >= 0.6 is 23.4 Å². The van der Waals surface area contributed by atoms with Crippen LogP contribution in [0.25, 0.3) is 17.1 Å². The van der Waals surface area contributed by atoms with Crippen molar-refractivity contribution in [2.45, 2.75) is 12.1 Å². The first-order chi connectivity index (χ1) is 16.0. The van der Waals surface area contributed by atoms with Crippen LogP contribution < -0.4 is 10.9 Å². The Hall–Kier alpha value is -3.69. The van der Waals surface area contributed by atoms with Crippen molar-refractivity contribution in [3.63, 3.8) is 0 Å². The minimum absolute atomic E-state index is 0.0290. The van der Waals surface area contributed by atoms with Gasteiger partial charge in [0.25, 0.3) is 5.91 Å². The summed E-state index contributed by atoms with van der Waals surface area (Å²) in [6.07, 6.45) is 3.38. The van der Waals surface area contributed by atoms with Crippen molar-refractivity contribution >= 4 is 35.2 Å². The smallest absolute Gasteiger partial charge is 0.269 e. The van der Waals surface area contributed by atoms with Gasteiger partial charge in [0.1, 0.15) is 0 Å². The molecule has 2 aromatic heterocycles. The van der Waals surface area contributed by atoms with Gasteiger partial charge in [-0.15, -0.1) is 10.2 Å². The number of hydrogen-bond donors (Lipinski definition) is 2. The molecule has 0 spiro atoms. The van der Waals surface area contributed by atoms with E-state index >= 15 is 0 Å². The van der Waals surface area contributed by atoms with Crippen molar-refractivity contribution in [3.8, 4) is 17.1 Å². The number of benzene rings is 2. The Balaban J connectivity index is 1.48. The van der Waals surface area contributed by atoms with E-state index in [-0.39, 0.29) is 11.7 Å². The maximum Gasteiger partial charge on any atom is 0.269 e. The van der Waals surface area contributed by atoms with Crippen molar-refractivity contribution in [3.05, 3.63) is 89.2 Å². The number of carbonyl (C=O) groups is 2. The molecule has 0 bridgehead atoms. The van der Waals surface area contributed by atoms with E-state index in [9.17, 15) is 9.59 Å². The molecule has 0 atom stereocenters. The zero-order valence-electron chi connectivity index (χ0n) is 17.5. The summed E-state index contributed by atoms with van der Waals surface area (Å²) in [6, 6.07) is 17.9. The highest BCUT2D eigenvalue weighted by molar-refractivity contribution is 7.99. The highest BCUT2D eigenvalue weighted by atomic mass is 35.5. The molecule has 0 saturated heterocycles. The Bertz CT molecular complexity index is 1280. The summed E-state index contributed by atoms with van der Waals surface area (Å²) in [6.45, 7) is 2.00. The summed E-state index contributed by atoms with van der Waals surface area (Å²) in [5.41, 5.74) is 8.00. The van der Waals surface area contributed by atoms with Crippen LogP contribution in [0.15, 0.2) is 78.2 Å². The number of rotatable bonds is 6. The summed E-state index contributed by atoms with van der Waals surface area (Å²) in [7, 11) is 0. The van der Waals surface area contributed by atoms with E-state index in [1.54, 1.807) is 36.7 Å². The van der Waals surface area contributed by atoms with Gasteiger partial charge in [0.15, 0.2) is 11.0 Å². The van der Waals surface area contributed by atoms with Crippen LogP contribution in [0.3, 0.4) is 0 Å². The van der Waals surface area contributed by atoms with Gasteiger partial charge < -0.3 is 0 Å². The number of para-hydroxylation sites is 1. The zero-order valence-corrected chi connectivity index (χ0v) is 19.1. The van der Waals surface area contributed by atoms with Gasteiger partial charge in [-0.2, -0.15) is 0 Å². The number of hydrazine groups is 1. The Labute approximate surface area is 199 Å². The van der Waals surface area contributed by atoms with Crippen molar-refractivity contribution < 1.29 is 9.59 Å². The Kier molecular flexibility index (Phi) is 7.01. The highest BCUT2D eigenvalue weighted by Crippen LogP contribution is 2.29. The molecule has 0 radical (unpaired) electrons. The minimum Gasteiger partial charge on any atom is -0.272 e. The SMILES string of the molecule is Cc1ccccc1-n1c(SCC(=O)NNC(=O)c2ccc(Cl)cc2)nnc1-c1ccncc1. The molecule has 4 aromatic rings. The first-order valence-corrected chi connectivity index (χ1v) is 11.3. The van der Waals surface area contributed by atoms with Crippen LogP contribution in [0.5, 0.6) is 0 Å². The van der Waals surface area contributed by atoms with E-state index in [0.29, 0.717) is 21.6 Å². The predicted molar refractivity (Wildman–Crippen MR) is 127 cm³/mol. The van der Waals surface area contributed by atoms with Crippen molar-refractivity contribution in [2.24, 2.45) is 0 Å². The Morgan fingerprint density at radius 3 is 2.42 bits per heavy atom. The fourth-order valence-electron chi connectivity index (χ4n) is 3.05. The van der Waals surface area contributed by atoms with Gasteiger partial charge in [-0.05, 0) is 55.0 Å². The molecule has 2 amide bonds. The first-order valence-electron chi connectivity index (χ1n) is 9.92. The number of halogens is 1. The molecular formula is C23H19ClN6O2S. The summed E-state index contributed by atoms with van der Waals surface area (Å²) in [5.74, 6) is -0.146. The molecule has 166 valence electrons. The zero-order chi connectivity index (χ0) is 23.2. The standard InChI is InChI=1S/C23H19ClN6O2S/c1-15-4-2-3-5-19(15)30-21(16-10-12-25-13-11-16)27-29-23(30)33-14-20(31)26-28-22(32)17-6-8-18(24)9-7-17/h2-13H,14H2,1H3,(H,26,31)(H,28,32). The quantitative estimate of drug-likeness (QED) is 0.322. The van der Waals surface area contributed by atoms with Gasteiger partial charge in [-0.1, -0.05) is 41.6 Å². The predicted octanol–water partition coefficient (Wildman–Crippen LogP) is 3.84. The van der Waals surface area contributed by atoms with Gasteiger partial charge in [0, 0.05) is 28.5 Å². The summed E-state index contributed by atoms with van der Waals surface area (Å²) in [4.78, 5) is 28.6. The van der Waals surface area contributed by atoms with Crippen LogP contribution in [-0.4, -0.2) is 37.3 Å². The fraction of sp³-hybridized carbons (Fsp3) is 0.0870. The number of thioether (sulfide) groups is 1. The number of aromatic nitrogens is 4. The lowest BCUT2D eigenvalue weighted by molar-refractivity contribution is -0.119. The molecule has 0 aliphatic heterocycles. The van der Waals surface area contributed by atoms with E-state index < -0.39 is 5.91 Å². The molecular weight excluding hydrogens is 460 g/mol. The van der Waals surface area contributed by atoms with Crippen LogP contribution in [0.1, 0.15) is 15.9 Å². The largest absolute Gasteiger partial charge is 0.272 e. The molecule has 0 unspecified atom stereocenters. The third-order valence-corrected chi connectivity index (χ3v) is 5.86. The number of aryl methyl sites for hydroxylation is 1. The van der Waals surface area contributed by atoms with Gasteiger partial charge in [0.2, 0.25) is 5.91 Å². The van der Waals surface area contributed by atoms with E-state index in [1.807, 2.05) is 47.9 Å².